The number of fused-ring (bicyclic) bond motifs is 1. The fraction of sp³-hybridized carbons (Fsp3) is 0.200. The van der Waals surface area contributed by atoms with Gasteiger partial charge in [0.25, 0.3) is 0 Å². The van der Waals surface area contributed by atoms with Crippen LogP contribution in [0.15, 0.2) is 42.6 Å². The number of aryl methyl sites for hydroxylation is 1. The van der Waals surface area contributed by atoms with E-state index in [9.17, 15) is 0 Å². The minimum absolute atomic E-state index is 0.385. The van der Waals surface area contributed by atoms with Crippen LogP contribution in [0.3, 0.4) is 0 Å². The molecular formula is C15H14ClN3O. The van der Waals surface area contributed by atoms with Crippen LogP contribution in [0.2, 0.25) is 0 Å². The molecule has 0 saturated heterocycles. The van der Waals surface area contributed by atoms with Gasteiger partial charge in [0.05, 0.1) is 12.1 Å². The molecule has 0 fully saturated rings. The summed E-state index contributed by atoms with van der Waals surface area (Å²) in [6.45, 7) is 0.385. The third-order valence-corrected chi connectivity index (χ3v) is 3.42. The Labute approximate surface area is 121 Å². The first-order chi connectivity index (χ1) is 9.78. The average molecular weight is 288 g/mol. The van der Waals surface area contributed by atoms with Crippen molar-refractivity contribution in [2.45, 2.75) is 12.5 Å². The zero-order valence-corrected chi connectivity index (χ0v) is 11.8. The molecule has 0 N–H and O–H groups in total. The van der Waals surface area contributed by atoms with Crippen molar-refractivity contribution in [3.8, 4) is 5.75 Å². The number of ether oxygens (including phenoxy) is 1. The van der Waals surface area contributed by atoms with Crippen molar-refractivity contribution in [3.63, 3.8) is 0 Å². The highest BCUT2D eigenvalue weighted by molar-refractivity contribution is 6.18. The maximum Gasteiger partial charge on any atom is 0.134 e. The number of nitrogens with zero attached hydrogens (tertiary/aromatic N) is 3. The van der Waals surface area contributed by atoms with E-state index in [2.05, 4.69) is 22.4 Å². The van der Waals surface area contributed by atoms with Gasteiger partial charge in [-0.3, -0.25) is 4.68 Å². The molecule has 5 heteroatoms. The molecule has 0 unspecified atom stereocenters. The molecule has 0 aliphatic carbocycles. The predicted octanol–water partition coefficient (Wildman–Crippen LogP) is 3.29. The average Bonchev–Trinajstić information content (AvgIpc) is 2.90. The summed E-state index contributed by atoms with van der Waals surface area (Å²) >= 11 is 6.08. The van der Waals surface area contributed by atoms with Crippen LogP contribution < -0.4 is 4.74 Å². The fourth-order valence-corrected chi connectivity index (χ4v) is 2.48. The normalized spacial score (nSPS) is 10.9. The Morgan fingerprint density at radius 3 is 2.80 bits per heavy atom. The lowest BCUT2D eigenvalue weighted by Crippen LogP contribution is -1.99. The zero-order valence-electron chi connectivity index (χ0n) is 11.1. The summed E-state index contributed by atoms with van der Waals surface area (Å²) < 4.78 is 7.49. The van der Waals surface area contributed by atoms with E-state index in [1.807, 2.05) is 37.5 Å². The van der Waals surface area contributed by atoms with Crippen molar-refractivity contribution in [3.05, 3.63) is 53.9 Å². The summed E-state index contributed by atoms with van der Waals surface area (Å²) in [5.41, 5.74) is 1.80. The second-order valence-electron chi connectivity index (χ2n) is 4.57. The molecular weight excluding hydrogens is 274 g/mol. The van der Waals surface area contributed by atoms with Crippen molar-refractivity contribution < 1.29 is 4.74 Å². The molecule has 0 radical (unpaired) electrons. The molecule has 0 aliphatic rings. The van der Waals surface area contributed by atoms with Crippen LogP contribution >= 0.6 is 11.6 Å². The van der Waals surface area contributed by atoms with Gasteiger partial charge in [-0.1, -0.05) is 35.5 Å². The van der Waals surface area contributed by atoms with E-state index in [0.29, 0.717) is 12.5 Å². The predicted molar refractivity (Wildman–Crippen MR) is 78.8 cm³/mol. The van der Waals surface area contributed by atoms with Gasteiger partial charge in [0, 0.05) is 12.6 Å². The largest absolute Gasteiger partial charge is 0.487 e. The zero-order chi connectivity index (χ0) is 13.9. The minimum Gasteiger partial charge on any atom is -0.487 e. The van der Waals surface area contributed by atoms with Crippen LogP contribution in [-0.2, 0) is 19.5 Å². The third kappa shape index (κ3) is 2.47. The van der Waals surface area contributed by atoms with Gasteiger partial charge in [0.15, 0.2) is 0 Å². The lowest BCUT2D eigenvalue weighted by Gasteiger charge is -2.11. The van der Waals surface area contributed by atoms with Crippen LogP contribution in [0.4, 0.5) is 0 Å². The summed E-state index contributed by atoms with van der Waals surface area (Å²) in [6, 6.07) is 12.1. The first-order valence-electron chi connectivity index (χ1n) is 6.32. The van der Waals surface area contributed by atoms with Crippen LogP contribution in [-0.4, -0.2) is 15.0 Å². The standard InChI is InChI=1S/C15H14ClN3O/c1-19-9-12(17-18-19)10-20-15-7-6-11-4-2-3-5-13(11)14(15)8-16/h2-7,9H,8,10H2,1H3. The number of halogens is 1. The minimum atomic E-state index is 0.385. The van der Waals surface area contributed by atoms with Gasteiger partial charge >= 0.3 is 0 Å². The lowest BCUT2D eigenvalue weighted by atomic mass is 10.0. The molecule has 0 aliphatic heterocycles. The smallest absolute Gasteiger partial charge is 0.134 e. The molecule has 20 heavy (non-hydrogen) atoms. The molecule has 0 bridgehead atoms. The quantitative estimate of drug-likeness (QED) is 0.691. The van der Waals surface area contributed by atoms with Gasteiger partial charge in [0.1, 0.15) is 18.1 Å². The van der Waals surface area contributed by atoms with Crippen molar-refractivity contribution in [1.82, 2.24) is 15.0 Å². The van der Waals surface area contributed by atoms with Gasteiger partial charge in [0.2, 0.25) is 0 Å². The first-order valence-corrected chi connectivity index (χ1v) is 6.86. The molecule has 0 spiro atoms. The van der Waals surface area contributed by atoms with E-state index in [1.54, 1.807) is 4.68 Å². The second kappa shape index (κ2) is 5.51. The Bertz CT molecular complexity index is 739. The van der Waals surface area contributed by atoms with Gasteiger partial charge < -0.3 is 4.74 Å². The molecule has 4 nitrogen and oxygen atoms in total. The highest BCUT2D eigenvalue weighted by Crippen LogP contribution is 2.29. The summed E-state index contributed by atoms with van der Waals surface area (Å²) in [5, 5.41) is 10.2. The van der Waals surface area contributed by atoms with Crippen molar-refractivity contribution in [2.75, 3.05) is 0 Å². The Morgan fingerprint density at radius 2 is 2.05 bits per heavy atom. The summed E-state index contributed by atoms with van der Waals surface area (Å²) in [6.07, 6.45) is 1.83. The second-order valence-corrected chi connectivity index (χ2v) is 4.84. The van der Waals surface area contributed by atoms with Gasteiger partial charge in [-0.15, -0.1) is 16.7 Å². The molecule has 3 rings (SSSR count). The Hall–Kier alpha value is -2.07. The van der Waals surface area contributed by atoms with Crippen molar-refractivity contribution >= 4 is 22.4 Å². The number of aromatic nitrogens is 3. The van der Waals surface area contributed by atoms with Gasteiger partial charge in [-0.05, 0) is 16.8 Å². The van der Waals surface area contributed by atoms with E-state index in [0.717, 1.165) is 27.8 Å². The number of hydrogen-bond acceptors (Lipinski definition) is 3. The molecule has 0 saturated carbocycles. The van der Waals surface area contributed by atoms with Crippen LogP contribution in [0.5, 0.6) is 5.75 Å². The number of hydrogen-bond donors (Lipinski definition) is 0. The Morgan fingerprint density at radius 1 is 1.20 bits per heavy atom. The molecule has 1 heterocycles. The number of alkyl halides is 1. The topological polar surface area (TPSA) is 39.9 Å². The molecule has 2 aromatic carbocycles. The molecule has 0 atom stereocenters. The third-order valence-electron chi connectivity index (χ3n) is 3.16. The molecule has 1 aromatic heterocycles. The molecule has 3 aromatic rings. The van der Waals surface area contributed by atoms with E-state index in [4.69, 9.17) is 16.3 Å². The summed E-state index contributed by atoms with van der Waals surface area (Å²) in [4.78, 5) is 0. The Kier molecular flexibility index (Phi) is 3.56. The summed E-state index contributed by atoms with van der Waals surface area (Å²) in [5.74, 6) is 1.21. The van der Waals surface area contributed by atoms with Crippen molar-refractivity contribution in [2.24, 2.45) is 7.05 Å². The highest BCUT2D eigenvalue weighted by atomic mass is 35.5. The Balaban J connectivity index is 1.91. The number of benzene rings is 2. The van der Waals surface area contributed by atoms with Gasteiger partial charge in [-0.2, -0.15) is 0 Å². The maximum absolute atomic E-state index is 6.08. The lowest BCUT2D eigenvalue weighted by molar-refractivity contribution is 0.299. The van der Waals surface area contributed by atoms with Crippen LogP contribution in [0.25, 0.3) is 10.8 Å². The molecule has 102 valence electrons. The first kappa shape index (κ1) is 12.9. The summed E-state index contributed by atoms with van der Waals surface area (Å²) in [7, 11) is 1.83. The monoisotopic (exact) mass is 287 g/mol. The van der Waals surface area contributed by atoms with E-state index in [-0.39, 0.29) is 0 Å². The van der Waals surface area contributed by atoms with E-state index >= 15 is 0 Å². The van der Waals surface area contributed by atoms with Crippen molar-refractivity contribution in [1.29, 1.82) is 0 Å². The highest BCUT2D eigenvalue weighted by Gasteiger charge is 2.09. The van der Waals surface area contributed by atoms with E-state index in [1.165, 1.54) is 0 Å². The van der Waals surface area contributed by atoms with Crippen LogP contribution in [0, 0.1) is 0 Å². The fourth-order valence-electron chi connectivity index (χ4n) is 2.20. The van der Waals surface area contributed by atoms with Gasteiger partial charge in [-0.25, -0.2) is 0 Å². The van der Waals surface area contributed by atoms with Crippen LogP contribution in [0.1, 0.15) is 11.3 Å². The maximum atomic E-state index is 6.08. The molecule has 0 amide bonds. The van der Waals surface area contributed by atoms with E-state index < -0.39 is 0 Å². The number of rotatable bonds is 4. The SMILES string of the molecule is Cn1cc(COc2ccc3ccccc3c2CCl)nn1.